The van der Waals surface area contributed by atoms with Gasteiger partial charge >= 0.3 is 0 Å². The molecule has 0 bridgehead atoms. The number of benzene rings is 1. The number of hydrogen-bond acceptors (Lipinski definition) is 3. The number of ether oxygens (including phenoxy) is 1. The summed E-state index contributed by atoms with van der Waals surface area (Å²) in [5.41, 5.74) is 1.38. The molecule has 2 N–H and O–H groups in total. The van der Waals surface area contributed by atoms with Crippen LogP contribution in [-0.4, -0.2) is 17.6 Å². The lowest BCUT2D eigenvalue weighted by atomic mass is 10.2. The Morgan fingerprint density at radius 2 is 1.95 bits per heavy atom. The van der Waals surface area contributed by atoms with Crippen molar-refractivity contribution in [2.24, 2.45) is 5.92 Å². The molecule has 1 heterocycles. The zero-order chi connectivity index (χ0) is 13.8. The number of rotatable bonds is 4. The molecule has 0 atom stereocenters. The van der Waals surface area contributed by atoms with E-state index >= 15 is 0 Å². The molecule has 2 rings (SSSR count). The van der Waals surface area contributed by atoms with E-state index in [1.807, 2.05) is 24.3 Å². The highest BCUT2D eigenvalue weighted by atomic mass is 32.1. The molecule has 0 spiro atoms. The lowest BCUT2D eigenvalue weighted by Crippen LogP contribution is -2.21. The van der Waals surface area contributed by atoms with Gasteiger partial charge in [0.15, 0.2) is 5.11 Å². The van der Waals surface area contributed by atoms with Crippen LogP contribution < -0.4 is 15.4 Å². The molecule has 0 unspecified atom stereocenters. The van der Waals surface area contributed by atoms with E-state index in [9.17, 15) is 4.79 Å². The second-order valence-electron chi connectivity index (χ2n) is 4.74. The van der Waals surface area contributed by atoms with E-state index in [0.29, 0.717) is 23.3 Å². The van der Waals surface area contributed by atoms with Crippen LogP contribution in [0.25, 0.3) is 6.08 Å². The van der Waals surface area contributed by atoms with Gasteiger partial charge in [-0.25, -0.2) is 0 Å². The van der Waals surface area contributed by atoms with Crippen LogP contribution in [0.3, 0.4) is 0 Å². The second-order valence-corrected chi connectivity index (χ2v) is 5.15. The van der Waals surface area contributed by atoms with Gasteiger partial charge in [-0.2, -0.15) is 0 Å². The summed E-state index contributed by atoms with van der Waals surface area (Å²) in [5.74, 6) is 1.12. The van der Waals surface area contributed by atoms with Crippen LogP contribution in [0, 0.1) is 5.92 Å². The first-order valence-corrected chi connectivity index (χ1v) is 6.52. The number of amides is 1. The van der Waals surface area contributed by atoms with Gasteiger partial charge in [-0.05, 0) is 41.9 Å². The molecule has 5 heteroatoms. The van der Waals surface area contributed by atoms with Crippen molar-refractivity contribution in [3.8, 4) is 5.75 Å². The second kappa shape index (κ2) is 5.84. The summed E-state index contributed by atoms with van der Waals surface area (Å²) in [6, 6.07) is 7.58. The van der Waals surface area contributed by atoms with E-state index in [4.69, 9.17) is 17.0 Å². The van der Waals surface area contributed by atoms with Crippen molar-refractivity contribution in [2.45, 2.75) is 13.8 Å². The molecule has 0 aliphatic carbocycles. The summed E-state index contributed by atoms with van der Waals surface area (Å²) in [6.07, 6.45) is 1.75. The Kier molecular flexibility index (Phi) is 4.16. The maximum absolute atomic E-state index is 11.5. The van der Waals surface area contributed by atoms with Crippen molar-refractivity contribution >= 4 is 29.3 Å². The van der Waals surface area contributed by atoms with Crippen LogP contribution in [0.5, 0.6) is 5.75 Å². The maximum atomic E-state index is 11.5. The fraction of sp³-hybridized carbons (Fsp3) is 0.286. The SMILES string of the molecule is CC(C)COc1ccc(/C=C2\NC(=S)NC2=O)cc1. The molecule has 0 aromatic heterocycles. The molecule has 1 aliphatic heterocycles. The van der Waals surface area contributed by atoms with Gasteiger partial charge in [-0.15, -0.1) is 0 Å². The van der Waals surface area contributed by atoms with Gasteiger partial charge in [0.25, 0.3) is 5.91 Å². The van der Waals surface area contributed by atoms with Gasteiger partial charge < -0.3 is 10.1 Å². The Hall–Kier alpha value is -1.88. The van der Waals surface area contributed by atoms with Crippen LogP contribution >= 0.6 is 12.2 Å². The zero-order valence-electron chi connectivity index (χ0n) is 10.9. The molecule has 4 nitrogen and oxygen atoms in total. The average molecular weight is 276 g/mol. The molecule has 0 saturated carbocycles. The van der Waals surface area contributed by atoms with Gasteiger partial charge in [-0.1, -0.05) is 26.0 Å². The molecule has 1 aromatic rings. The molecule has 1 saturated heterocycles. The highest BCUT2D eigenvalue weighted by Gasteiger charge is 2.19. The van der Waals surface area contributed by atoms with E-state index in [2.05, 4.69) is 24.5 Å². The highest BCUT2D eigenvalue weighted by Crippen LogP contribution is 2.15. The largest absolute Gasteiger partial charge is 0.493 e. The molecule has 0 radical (unpaired) electrons. The van der Waals surface area contributed by atoms with Gasteiger partial charge in [0.2, 0.25) is 0 Å². The fourth-order valence-electron chi connectivity index (χ4n) is 1.57. The number of hydrogen-bond donors (Lipinski definition) is 2. The smallest absolute Gasteiger partial charge is 0.273 e. The van der Waals surface area contributed by atoms with E-state index in [1.54, 1.807) is 6.08 Å². The summed E-state index contributed by atoms with van der Waals surface area (Å²) >= 11 is 4.87. The topological polar surface area (TPSA) is 50.4 Å². The Balaban J connectivity index is 2.04. The molecule has 1 aromatic carbocycles. The minimum atomic E-state index is -0.204. The molecular weight excluding hydrogens is 260 g/mol. The summed E-state index contributed by atoms with van der Waals surface area (Å²) < 4.78 is 5.59. The van der Waals surface area contributed by atoms with Crippen LogP contribution in [-0.2, 0) is 4.79 Å². The summed E-state index contributed by atoms with van der Waals surface area (Å²) in [7, 11) is 0. The molecule has 1 aliphatic rings. The Labute approximate surface area is 117 Å². The van der Waals surface area contributed by atoms with Crippen molar-refractivity contribution < 1.29 is 9.53 Å². The standard InChI is InChI=1S/C14H16N2O2S/c1-9(2)8-18-11-5-3-10(4-6-11)7-12-13(17)16-14(19)15-12/h3-7,9H,8H2,1-2H3,(H2,15,16,17,19)/b12-7-. The first-order chi connectivity index (χ1) is 9.04. The van der Waals surface area contributed by atoms with Gasteiger partial charge in [0.05, 0.1) is 6.61 Å². The van der Waals surface area contributed by atoms with Crippen molar-refractivity contribution in [1.29, 1.82) is 0 Å². The lowest BCUT2D eigenvalue weighted by Gasteiger charge is -2.08. The normalized spacial score (nSPS) is 16.7. The predicted molar refractivity (Wildman–Crippen MR) is 78.6 cm³/mol. The van der Waals surface area contributed by atoms with Crippen LogP contribution in [0.4, 0.5) is 0 Å². The predicted octanol–water partition coefficient (Wildman–Crippen LogP) is 2.07. The van der Waals surface area contributed by atoms with Gasteiger partial charge in [0, 0.05) is 0 Å². The lowest BCUT2D eigenvalue weighted by molar-refractivity contribution is -0.115. The summed E-state index contributed by atoms with van der Waals surface area (Å²) in [4.78, 5) is 11.5. The maximum Gasteiger partial charge on any atom is 0.273 e. The molecule has 1 amide bonds. The Morgan fingerprint density at radius 3 is 2.47 bits per heavy atom. The number of nitrogens with one attached hydrogen (secondary N) is 2. The molecular formula is C14H16N2O2S. The monoisotopic (exact) mass is 276 g/mol. The van der Waals surface area contributed by atoms with Crippen LogP contribution in [0.15, 0.2) is 30.0 Å². The first-order valence-electron chi connectivity index (χ1n) is 6.11. The van der Waals surface area contributed by atoms with Crippen molar-refractivity contribution in [2.75, 3.05) is 6.61 Å². The number of carbonyl (C=O) groups excluding carboxylic acids is 1. The summed E-state index contributed by atoms with van der Waals surface area (Å²) in [6.45, 7) is 4.90. The van der Waals surface area contributed by atoms with E-state index in [-0.39, 0.29) is 5.91 Å². The average Bonchev–Trinajstić information content (AvgIpc) is 2.67. The number of thiocarbonyl (C=S) groups is 1. The van der Waals surface area contributed by atoms with Crippen molar-refractivity contribution in [1.82, 2.24) is 10.6 Å². The van der Waals surface area contributed by atoms with Crippen molar-refractivity contribution in [3.63, 3.8) is 0 Å². The van der Waals surface area contributed by atoms with Gasteiger partial charge in [0.1, 0.15) is 11.4 Å². The van der Waals surface area contributed by atoms with Gasteiger partial charge in [-0.3, -0.25) is 10.1 Å². The van der Waals surface area contributed by atoms with Crippen LogP contribution in [0.2, 0.25) is 0 Å². The third kappa shape index (κ3) is 3.79. The summed E-state index contributed by atoms with van der Waals surface area (Å²) in [5, 5.41) is 5.67. The zero-order valence-corrected chi connectivity index (χ0v) is 11.7. The Bertz CT molecular complexity index is 521. The van der Waals surface area contributed by atoms with E-state index < -0.39 is 0 Å². The molecule has 19 heavy (non-hydrogen) atoms. The first kappa shape index (κ1) is 13.5. The number of carbonyl (C=O) groups is 1. The van der Waals surface area contributed by atoms with Crippen LogP contribution in [0.1, 0.15) is 19.4 Å². The van der Waals surface area contributed by atoms with Crippen molar-refractivity contribution in [3.05, 3.63) is 35.5 Å². The highest BCUT2D eigenvalue weighted by molar-refractivity contribution is 7.80. The quantitative estimate of drug-likeness (QED) is 0.653. The molecule has 1 fully saturated rings. The fourth-order valence-corrected chi connectivity index (χ4v) is 1.77. The van der Waals surface area contributed by atoms with E-state index in [1.165, 1.54) is 0 Å². The minimum absolute atomic E-state index is 0.204. The third-order valence-corrected chi connectivity index (χ3v) is 2.70. The third-order valence-electron chi connectivity index (χ3n) is 2.49. The Morgan fingerprint density at radius 1 is 1.26 bits per heavy atom. The minimum Gasteiger partial charge on any atom is -0.493 e. The van der Waals surface area contributed by atoms with E-state index in [0.717, 1.165) is 11.3 Å². The molecule has 100 valence electrons.